The van der Waals surface area contributed by atoms with Crippen LogP contribution in [0.4, 0.5) is 0 Å². The molecule has 0 N–H and O–H groups in total. The molecule has 3 aliphatic heterocycles. The Morgan fingerprint density at radius 2 is 2.21 bits per heavy atom. The van der Waals surface area contributed by atoms with E-state index >= 15 is 0 Å². The molecule has 0 bridgehead atoms. The van der Waals surface area contributed by atoms with Crippen molar-refractivity contribution in [3.63, 3.8) is 0 Å². The summed E-state index contributed by atoms with van der Waals surface area (Å²) in [4.78, 5) is 14.7. The first-order valence-corrected chi connectivity index (χ1v) is 10.9. The molecule has 3 rings (SSSR count). The first kappa shape index (κ1) is 13.2. The molecule has 104 valence electrons. The van der Waals surface area contributed by atoms with Crippen LogP contribution in [-0.2, 0) is 9.53 Å². The highest BCUT2D eigenvalue weighted by atomic mass is 28.3. The molecule has 3 heterocycles. The van der Waals surface area contributed by atoms with Gasteiger partial charge in [0.05, 0.1) is 17.9 Å². The molecule has 19 heavy (non-hydrogen) atoms. The van der Waals surface area contributed by atoms with Gasteiger partial charge in [0.25, 0.3) is 0 Å². The van der Waals surface area contributed by atoms with Gasteiger partial charge in [-0.1, -0.05) is 19.6 Å². The smallest absolute Gasteiger partial charge is 0.314 e. The number of carbonyl (C=O) groups excluding carboxylic acids is 1. The van der Waals surface area contributed by atoms with Crippen LogP contribution in [0.5, 0.6) is 0 Å². The Labute approximate surface area is 116 Å². The molecule has 4 heteroatoms. The van der Waals surface area contributed by atoms with Gasteiger partial charge >= 0.3 is 5.97 Å². The summed E-state index contributed by atoms with van der Waals surface area (Å²) in [5.74, 6) is 3.74. The van der Waals surface area contributed by atoms with Crippen LogP contribution in [0, 0.1) is 22.8 Å². The molecular formula is C15H23NO2Si. The summed E-state index contributed by atoms with van der Waals surface area (Å²) in [6.07, 6.45) is 3.31. The van der Waals surface area contributed by atoms with Crippen LogP contribution < -0.4 is 0 Å². The number of nitrogens with zero attached hydrogens (tertiary/aromatic N) is 1. The quantitative estimate of drug-likeness (QED) is 0.385. The number of rotatable bonds is 0. The van der Waals surface area contributed by atoms with Gasteiger partial charge in [0.15, 0.2) is 0 Å². The Morgan fingerprint density at radius 1 is 1.42 bits per heavy atom. The highest BCUT2D eigenvalue weighted by Gasteiger charge is 2.60. The number of carbonyl (C=O) groups is 1. The second kappa shape index (κ2) is 4.36. The van der Waals surface area contributed by atoms with Crippen LogP contribution in [0.2, 0.25) is 19.6 Å². The predicted molar refractivity (Wildman–Crippen MR) is 77.2 cm³/mol. The molecule has 0 amide bonds. The van der Waals surface area contributed by atoms with Gasteiger partial charge in [-0.2, -0.15) is 0 Å². The van der Waals surface area contributed by atoms with E-state index in [-0.39, 0.29) is 17.3 Å². The lowest BCUT2D eigenvalue weighted by Crippen LogP contribution is -2.36. The second-order valence-corrected chi connectivity index (χ2v) is 12.0. The Balaban J connectivity index is 1.95. The fraction of sp³-hybridized carbons (Fsp3) is 0.800. The normalized spacial score (nSPS) is 38.2. The van der Waals surface area contributed by atoms with Crippen LogP contribution >= 0.6 is 0 Å². The molecule has 3 aliphatic rings. The Hall–Kier alpha value is -0.793. The summed E-state index contributed by atoms with van der Waals surface area (Å²) >= 11 is 0. The second-order valence-electron chi connectivity index (χ2n) is 7.22. The minimum absolute atomic E-state index is 0.0109. The largest absolute Gasteiger partial charge is 0.465 e. The first-order valence-electron chi connectivity index (χ1n) is 7.36. The molecule has 3 atom stereocenters. The standard InChI is InChI=1S/C15H23NO2Si/c1-19(2,3)10-6-12-13-5-4-8-16(13)11-15(12)7-9-18-14(15)17/h12-13H,4-5,7-9,11H2,1-3H3/t12-,13-,15+/m1/s1. The maximum absolute atomic E-state index is 12.3. The van der Waals surface area contributed by atoms with Crippen molar-refractivity contribution in [3.05, 3.63) is 0 Å². The fourth-order valence-electron chi connectivity index (χ4n) is 3.78. The lowest BCUT2D eigenvalue weighted by Gasteiger charge is -2.24. The molecule has 3 saturated heterocycles. The van der Waals surface area contributed by atoms with Crippen molar-refractivity contribution in [1.82, 2.24) is 4.90 Å². The van der Waals surface area contributed by atoms with Gasteiger partial charge in [-0.25, -0.2) is 0 Å². The van der Waals surface area contributed by atoms with Crippen molar-refractivity contribution < 1.29 is 9.53 Å². The van der Waals surface area contributed by atoms with Crippen molar-refractivity contribution in [1.29, 1.82) is 0 Å². The number of hydrogen-bond acceptors (Lipinski definition) is 3. The fourth-order valence-corrected chi connectivity index (χ4v) is 4.37. The van der Waals surface area contributed by atoms with Crippen LogP contribution in [-0.4, -0.2) is 44.7 Å². The zero-order chi connectivity index (χ0) is 13.7. The average molecular weight is 277 g/mol. The lowest BCUT2D eigenvalue weighted by atomic mass is 9.74. The molecule has 1 spiro atoms. The van der Waals surface area contributed by atoms with E-state index in [0.717, 1.165) is 19.5 Å². The van der Waals surface area contributed by atoms with Crippen LogP contribution in [0.25, 0.3) is 0 Å². The number of esters is 1. The molecule has 3 nitrogen and oxygen atoms in total. The van der Waals surface area contributed by atoms with Crippen molar-refractivity contribution in [2.24, 2.45) is 11.3 Å². The zero-order valence-corrected chi connectivity index (χ0v) is 13.2. The summed E-state index contributed by atoms with van der Waals surface area (Å²) in [6.45, 7) is 9.39. The predicted octanol–water partition coefficient (Wildman–Crippen LogP) is 1.89. The Morgan fingerprint density at radius 3 is 2.84 bits per heavy atom. The van der Waals surface area contributed by atoms with Gasteiger partial charge in [0.2, 0.25) is 0 Å². The highest BCUT2D eigenvalue weighted by molar-refractivity contribution is 6.83. The molecule has 0 saturated carbocycles. The zero-order valence-electron chi connectivity index (χ0n) is 12.2. The summed E-state index contributed by atoms with van der Waals surface area (Å²) in [7, 11) is -1.39. The average Bonchev–Trinajstić information content (AvgIpc) is 2.93. The van der Waals surface area contributed by atoms with Gasteiger partial charge in [-0.05, 0) is 19.4 Å². The minimum Gasteiger partial charge on any atom is -0.465 e. The van der Waals surface area contributed by atoms with Crippen LogP contribution in [0.1, 0.15) is 19.3 Å². The maximum Gasteiger partial charge on any atom is 0.314 e. The molecule has 0 aliphatic carbocycles. The lowest BCUT2D eigenvalue weighted by molar-refractivity contribution is -0.146. The van der Waals surface area contributed by atoms with E-state index in [0.29, 0.717) is 12.6 Å². The summed E-state index contributed by atoms with van der Waals surface area (Å²) in [6, 6.07) is 0.495. The molecule has 0 aromatic carbocycles. The van der Waals surface area contributed by atoms with E-state index in [9.17, 15) is 4.79 Å². The van der Waals surface area contributed by atoms with E-state index in [4.69, 9.17) is 4.74 Å². The SMILES string of the molecule is C[Si](C)(C)C#C[C@@H]1[C@H]2CCCN2C[C@@]12CCOC2=O. The van der Waals surface area contributed by atoms with E-state index < -0.39 is 8.07 Å². The van der Waals surface area contributed by atoms with Gasteiger partial charge in [0, 0.05) is 19.0 Å². The Bertz CT molecular complexity index is 459. The van der Waals surface area contributed by atoms with Gasteiger partial charge in [-0.15, -0.1) is 11.5 Å². The molecule has 3 fully saturated rings. The number of fused-ring (bicyclic) bond motifs is 1. The van der Waals surface area contributed by atoms with Crippen molar-refractivity contribution >= 4 is 14.0 Å². The van der Waals surface area contributed by atoms with Gasteiger partial charge < -0.3 is 4.74 Å². The molecule has 0 unspecified atom stereocenters. The molecule has 0 aromatic heterocycles. The maximum atomic E-state index is 12.3. The topological polar surface area (TPSA) is 29.5 Å². The molecule has 0 radical (unpaired) electrons. The minimum atomic E-state index is -1.39. The van der Waals surface area contributed by atoms with E-state index in [1.165, 1.54) is 12.8 Å². The molecule has 0 aromatic rings. The summed E-state index contributed by atoms with van der Waals surface area (Å²) in [5, 5.41) is 0. The Kier molecular flexibility index (Phi) is 3.03. The van der Waals surface area contributed by atoms with Gasteiger partial charge in [-0.3, -0.25) is 9.69 Å². The van der Waals surface area contributed by atoms with Gasteiger partial charge in [0.1, 0.15) is 8.07 Å². The number of cyclic esters (lactones) is 1. The van der Waals surface area contributed by atoms with Crippen molar-refractivity contribution in [2.45, 2.75) is 44.9 Å². The van der Waals surface area contributed by atoms with Crippen LogP contribution in [0.3, 0.4) is 0 Å². The third kappa shape index (κ3) is 2.13. The third-order valence-corrected chi connectivity index (χ3v) is 5.56. The van der Waals surface area contributed by atoms with E-state index in [2.05, 4.69) is 36.0 Å². The van der Waals surface area contributed by atoms with E-state index in [1.807, 2.05) is 0 Å². The third-order valence-electron chi connectivity index (χ3n) is 4.67. The summed E-state index contributed by atoms with van der Waals surface area (Å²) < 4.78 is 5.30. The first-order chi connectivity index (χ1) is 8.92. The molecular weight excluding hydrogens is 254 g/mol. The number of ether oxygens (including phenoxy) is 1. The van der Waals surface area contributed by atoms with Crippen molar-refractivity contribution in [2.75, 3.05) is 19.7 Å². The monoisotopic (exact) mass is 277 g/mol. The number of hydrogen-bond donors (Lipinski definition) is 0. The summed E-state index contributed by atoms with van der Waals surface area (Å²) in [5.41, 5.74) is 3.19. The van der Waals surface area contributed by atoms with Crippen molar-refractivity contribution in [3.8, 4) is 11.5 Å². The van der Waals surface area contributed by atoms with E-state index in [1.54, 1.807) is 0 Å². The van der Waals surface area contributed by atoms with Crippen LogP contribution in [0.15, 0.2) is 0 Å². The highest BCUT2D eigenvalue weighted by Crippen LogP contribution is 2.49.